The molecule has 0 saturated carbocycles. The van der Waals surface area contributed by atoms with Gasteiger partial charge in [0.05, 0.1) is 17.9 Å². The highest BCUT2D eigenvalue weighted by Gasteiger charge is 2.27. The Bertz CT molecular complexity index is 626. The van der Waals surface area contributed by atoms with Crippen LogP contribution in [0.3, 0.4) is 0 Å². The van der Waals surface area contributed by atoms with Crippen LogP contribution in [-0.4, -0.2) is 35.2 Å². The lowest BCUT2D eigenvalue weighted by atomic mass is 10.1. The van der Waals surface area contributed by atoms with Gasteiger partial charge < -0.3 is 4.74 Å². The maximum absolute atomic E-state index is 5.76. The molecule has 0 radical (unpaired) electrons. The van der Waals surface area contributed by atoms with Crippen molar-refractivity contribution in [2.45, 2.75) is 26.0 Å². The first-order valence-electron chi connectivity index (χ1n) is 7.08. The van der Waals surface area contributed by atoms with Crippen LogP contribution in [0.4, 0.5) is 0 Å². The van der Waals surface area contributed by atoms with Gasteiger partial charge in [0.2, 0.25) is 0 Å². The van der Waals surface area contributed by atoms with E-state index in [4.69, 9.17) is 9.72 Å². The summed E-state index contributed by atoms with van der Waals surface area (Å²) in [4.78, 5) is 7.20. The zero-order valence-electron chi connectivity index (χ0n) is 12.3. The van der Waals surface area contributed by atoms with E-state index in [0.29, 0.717) is 0 Å². The molecular formula is C16H19BrN2OS. The second-order valence-electron chi connectivity index (χ2n) is 5.97. The smallest absolute Gasteiger partial charge is 0.123 e. The zero-order valence-corrected chi connectivity index (χ0v) is 14.7. The minimum atomic E-state index is -0.0542. The largest absolute Gasteiger partial charge is 0.373 e. The highest BCUT2D eigenvalue weighted by atomic mass is 79.9. The minimum absolute atomic E-state index is 0.0542. The number of hydrogen-bond donors (Lipinski definition) is 0. The third kappa shape index (κ3) is 3.92. The quantitative estimate of drug-likeness (QED) is 0.814. The van der Waals surface area contributed by atoms with E-state index in [1.54, 1.807) is 11.3 Å². The van der Waals surface area contributed by atoms with Gasteiger partial charge in [-0.25, -0.2) is 4.98 Å². The van der Waals surface area contributed by atoms with Crippen molar-refractivity contribution in [1.82, 2.24) is 9.88 Å². The van der Waals surface area contributed by atoms with E-state index in [2.05, 4.69) is 52.2 Å². The number of aromatic nitrogens is 1. The van der Waals surface area contributed by atoms with Crippen molar-refractivity contribution in [3.63, 3.8) is 0 Å². The first kappa shape index (κ1) is 15.2. The monoisotopic (exact) mass is 366 g/mol. The van der Waals surface area contributed by atoms with Crippen LogP contribution in [0.2, 0.25) is 0 Å². The van der Waals surface area contributed by atoms with Crippen LogP contribution in [0, 0.1) is 0 Å². The lowest BCUT2D eigenvalue weighted by molar-refractivity contribution is -0.0884. The molecule has 0 bridgehead atoms. The number of morpholine rings is 1. The van der Waals surface area contributed by atoms with E-state index in [1.807, 2.05) is 12.1 Å². The van der Waals surface area contributed by atoms with E-state index in [1.165, 1.54) is 5.56 Å². The predicted molar refractivity (Wildman–Crippen MR) is 90.6 cm³/mol. The summed E-state index contributed by atoms with van der Waals surface area (Å²) in [5.74, 6) is 0. The topological polar surface area (TPSA) is 25.4 Å². The minimum Gasteiger partial charge on any atom is -0.373 e. The zero-order chi connectivity index (χ0) is 14.9. The maximum atomic E-state index is 5.76. The van der Waals surface area contributed by atoms with Crippen LogP contribution in [0.1, 0.15) is 19.5 Å². The normalized spacial score (nSPS) is 18.8. The Balaban J connectivity index is 1.71. The van der Waals surface area contributed by atoms with Gasteiger partial charge in [-0.1, -0.05) is 28.1 Å². The predicted octanol–water partition coefficient (Wildman–Crippen LogP) is 4.18. The Morgan fingerprint density at radius 2 is 2.29 bits per heavy atom. The van der Waals surface area contributed by atoms with Gasteiger partial charge in [0.15, 0.2) is 0 Å². The van der Waals surface area contributed by atoms with Gasteiger partial charge in [-0.15, -0.1) is 11.3 Å². The fourth-order valence-corrected chi connectivity index (χ4v) is 3.82. The van der Waals surface area contributed by atoms with Crippen molar-refractivity contribution in [3.05, 3.63) is 39.8 Å². The van der Waals surface area contributed by atoms with Crippen molar-refractivity contribution in [2.75, 3.05) is 19.7 Å². The van der Waals surface area contributed by atoms with Crippen LogP contribution in [0.15, 0.2) is 34.1 Å². The number of ether oxygens (including phenoxy) is 1. The van der Waals surface area contributed by atoms with Crippen LogP contribution < -0.4 is 0 Å². The Morgan fingerprint density at radius 3 is 3.05 bits per heavy atom. The molecule has 3 nitrogen and oxygen atoms in total. The summed E-state index contributed by atoms with van der Waals surface area (Å²) in [6.45, 7) is 7.93. The molecule has 5 heteroatoms. The second kappa shape index (κ2) is 6.16. The summed E-state index contributed by atoms with van der Waals surface area (Å²) in [6, 6.07) is 8.30. The SMILES string of the molecule is CC1(C)CN(Cc2csc(-c3cccc(Br)c3)n2)CCO1. The molecule has 3 rings (SSSR count). The molecule has 2 aromatic rings. The molecule has 1 aromatic carbocycles. The van der Waals surface area contributed by atoms with E-state index in [9.17, 15) is 0 Å². The van der Waals surface area contributed by atoms with Crippen LogP contribution in [0.25, 0.3) is 10.6 Å². The van der Waals surface area contributed by atoms with Gasteiger partial charge in [0, 0.05) is 35.1 Å². The summed E-state index contributed by atoms with van der Waals surface area (Å²) < 4.78 is 6.85. The molecule has 1 aliphatic heterocycles. The summed E-state index contributed by atoms with van der Waals surface area (Å²) in [5, 5.41) is 3.25. The molecule has 0 spiro atoms. The Hall–Kier alpha value is -0.750. The van der Waals surface area contributed by atoms with E-state index >= 15 is 0 Å². The average Bonchev–Trinajstić information content (AvgIpc) is 2.86. The molecule has 2 heterocycles. The lowest BCUT2D eigenvalue weighted by Crippen LogP contribution is -2.47. The maximum Gasteiger partial charge on any atom is 0.123 e. The number of benzene rings is 1. The van der Waals surface area contributed by atoms with Crippen molar-refractivity contribution < 1.29 is 4.74 Å². The molecule has 0 N–H and O–H groups in total. The van der Waals surface area contributed by atoms with Crippen molar-refractivity contribution >= 4 is 27.3 Å². The number of hydrogen-bond acceptors (Lipinski definition) is 4. The second-order valence-corrected chi connectivity index (χ2v) is 7.75. The van der Waals surface area contributed by atoms with Crippen molar-refractivity contribution in [3.8, 4) is 10.6 Å². The first-order valence-corrected chi connectivity index (χ1v) is 8.76. The molecular weight excluding hydrogens is 348 g/mol. The molecule has 112 valence electrons. The van der Waals surface area contributed by atoms with Gasteiger partial charge in [-0.2, -0.15) is 0 Å². The molecule has 1 saturated heterocycles. The molecule has 0 amide bonds. The number of halogens is 1. The number of rotatable bonds is 3. The first-order chi connectivity index (χ1) is 10.0. The van der Waals surface area contributed by atoms with Crippen LogP contribution in [0.5, 0.6) is 0 Å². The lowest BCUT2D eigenvalue weighted by Gasteiger charge is -2.37. The summed E-state index contributed by atoms with van der Waals surface area (Å²) >= 11 is 5.22. The molecule has 1 aromatic heterocycles. The van der Waals surface area contributed by atoms with E-state index in [0.717, 1.165) is 41.4 Å². The molecule has 21 heavy (non-hydrogen) atoms. The van der Waals surface area contributed by atoms with Gasteiger partial charge in [0.1, 0.15) is 5.01 Å². The molecule has 0 unspecified atom stereocenters. The van der Waals surface area contributed by atoms with Crippen LogP contribution in [-0.2, 0) is 11.3 Å². The highest BCUT2D eigenvalue weighted by molar-refractivity contribution is 9.10. The Kier molecular flexibility index (Phi) is 4.45. The van der Waals surface area contributed by atoms with Gasteiger partial charge in [-0.3, -0.25) is 4.90 Å². The fourth-order valence-electron chi connectivity index (χ4n) is 2.61. The van der Waals surface area contributed by atoms with E-state index in [-0.39, 0.29) is 5.60 Å². The summed E-state index contributed by atoms with van der Waals surface area (Å²) in [6.07, 6.45) is 0. The Morgan fingerprint density at radius 1 is 1.43 bits per heavy atom. The molecule has 1 aliphatic rings. The standard InChI is InChI=1S/C16H19BrN2OS/c1-16(2)11-19(6-7-20-16)9-14-10-21-15(18-14)12-4-3-5-13(17)8-12/h3-5,8,10H,6-7,9,11H2,1-2H3. The van der Waals surface area contributed by atoms with Crippen LogP contribution >= 0.6 is 27.3 Å². The Labute approximate surface area is 138 Å². The molecule has 0 aliphatic carbocycles. The average molecular weight is 367 g/mol. The summed E-state index contributed by atoms with van der Waals surface area (Å²) in [7, 11) is 0. The van der Waals surface area contributed by atoms with Crippen molar-refractivity contribution in [2.24, 2.45) is 0 Å². The van der Waals surface area contributed by atoms with Gasteiger partial charge >= 0.3 is 0 Å². The third-order valence-corrected chi connectivity index (χ3v) is 4.95. The van der Waals surface area contributed by atoms with Crippen molar-refractivity contribution in [1.29, 1.82) is 0 Å². The molecule has 1 fully saturated rings. The summed E-state index contributed by atoms with van der Waals surface area (Å²) in [5.41, 5.74) is 2.26. The highest BCUT2D eigenvalue weighted by Crippen LogP contribution is 2.27. The van der Waals surface area contributed by atoms with E-state index < -0.39 is 0 Å². The van der Waals surface area contributed by atoms with Gasteiger partial charge in [-0.05, 0) is 26.0 Å². The fraction of sp³-hybridized carbons (Fsp3) is 0.438. The van der Waals surface area contributed by atoms with Gasteiger partial charge in [0.25, 0.3) is 0 Å². The number of thiazole rings is 1. The molecule has 0 atom stereocenters. The third-order valence-electron chi connectivity index (χ3n) is 3.51. The number of nitrogens with zero attached hydrogens (tertiary/aromatic N) is 2.